The van der Waals surface area contributed by atoms with E-state index in [2.05, 4.69) is 4.98 Å². The Kier molecular flexibility index (Phi) is 4.80. The molecule has 1 amide bonds. The van der Waals surface area contributed by atoms with Gasteiger partial charge in [-0.2, -0.15) is 0 Å². The van der Waals surface area contributed by atoms with Gasteiger partial charge in [-0.3, -0.25) is 4.79 Å². The Hall–Kier alpha value is -2.08. The molecule has 5 nitrogen and oxygen atoms in total. The number of carbonyl (C=O) groups is 1. The number of amides is 1. The van der Waals surface area contributed by atoms with Crippen molar-refractivity contribution in [3.05, 3.63) is 39.8 Å². The second-order valence-corrected chi connectivity index (χ2v) is 5.44. The van der Waals surface area contributed by atoms with Crippen LogP contribution >= 0.6 is 11.3 Å². The summed E-state index contributed by atoms with van der Waals surface area (Å²) in [5.74, 6) is 1.27. The summed E-state index contributed by atoms with van der Waals surface area (Å²) in [5, 5.41) is 0. The minimum absolute atomic E-state index is 0.0418. The highest BCUT2D eigenvalue weighted by atomic mass is 32.1. The molecule has 0 saturated carbocycles. The van der Waals surface area contributed by atoms with E-state index in [-0.39, 0.29) is 5.91 Å². The zero-order chi connectivity index (χ0) is 15.4. The molecule has 2 aromatic rings. The van der Waals surface area contributed by atoms with Crippen LogP contribution in [-0.4, -0.2) is 37.1 Å². The summed E-state index contributed by atoms with van der Waals surface area (Å²) in [6, 6.07) is 5.63. The van der Waals surface area contributed by atoms with Gasteiger partial charge in [-0.05, 0) is 13.0 Å². The highest BCUT2D eigenvalue weighted by Gasteiger charge is 2.19. The summed E-state index contributed by atoms with van der Waals surface area (Å²) >= 11 is 1.36. The Balaban J connectivity index is 2.22. The van der Waals surface area contributed by atoms with Crippen molar-refractivity contribution in [2.24, 2.45) is 0 Å². The predicted octanol–water partition coefficient (Wildman–Crippen LogP) is 2.74. The summed E-state index contributed by atoms with van der Waals surface area (Å²) in [6.45, 7) is 2.28. The van der Waals surface area contributed by atoms with E-state index >= 15 is 0 Å². The van der Waals surface area contributed by atoms with Gasteiger partial charge in [-0.15, -0.1) is 11.3 Å². The lowest BCUT2D eigenvalue weighted by molar-refractivity contribution is 0.0788. The first kappa shape index (κ1) is 15.3. The lowest BCUT2D eigenvalue weighted by atomic mass is 10.1. The molecule has 2 rings (SSSR count). The van der Waals surface area contributed by atoms with E-state index in [1.165, 1.54) is 11.3 Å². The van der Waals surface area contributed by atoms with E-state index in [4.69, 9.17) is 9.47 Å². The number of carbonyl (C=O) groups excluding carboxylic acids is 1. The fraction of sp³-hybridized carbons (Fsp3) is 0.333. The Morgan fingerprint density at radius 2 is 2.10 bits per heavy atom. The monoisotopic (exact) mass is 306 g/mol. The summed E-state index contributed by atoms with van der Waals surface area (Å²) < 4.78 is 10.7. The van der Waals surface area contributed by atoms with Gasteiger partial charge in [0.2, 0.25) is 0 Å². The molecule has 1 aromatic carbocycles. The summed E-state index contributed by atoms with van der Waals surface area (Å²) in [7, 11) is 4.95. The molecule has 0 aliphatic carbocycles. The quantitative estimate of drug-likeness (QED) is 0.852. The summed E-state index contributed by atoms with van der Waals surface area (Å²) in [4.78, 5) is 18.8. The molecule has 112 valence electrons. The van der Waals surface area contributed by atoms with Crippen molar-refractivity contribution >= 4 is 17.2 Å². The summed E-state index contributed by atoms with van der Waals surface area (Å²) in [5.41, 5.74) is 3.34. The minimum atomic E-state index is -0.0418. The van der Waals surface area contributed by atoms with E-state index in [0.717, 1.165) is 11.3 Å². The Morgan fingerprint density at radius 3 is 2.67 bits per heavy atom. The van der Waals surface area contributed by atoms with Gasteiger partial charge in [-0.25, -0.2) is 4.98 Å². The first-order valence-corrected chi connectivity index (χ1v) is 7.31. The zero-order valence-electron chi connectivity index (χ0n) is 12.5. The number of hydrogen-bond donors (Lipinski definition) is 0. The maximum absolute atomic E-state index is 12.4. The third-order valence-electron chi connectivity index (χ3n) is 3.18. The van der Waals surface area contributed by atoms with Gasteiger partial charge in [0.25, 0.3) is 5.91 Å². The lowest BCUT2D eigenvalue weighted by Crippen LogP contribution is -2.26. The molecular weight excluding hydrogens is 288 g/mol. The molecule has 0 unspecified atom stereocenters. The molecule has 0 radical (unpaired) electrons. The third kappa shape index (κ3) is 3.16. The second kappa shape index (κ2) is 6.58. The average Bonchev–Trinajstić information content (AvgIpc) is 2.92. The van der Waals surface area contributed by atoms with Crippen LogP contribution in [0.5, 0.6) is 11.5 Å². The van der Waals surface area contributed by atoms with E-state index in [0.29, 0.717) is 22.9 Å². The molecule has 0 fully saturated rings. The van der Waals surface area contributed by atoms with Crippen molar-refractivity contribution < 1.29 is 14.3 Å². The van der Waals surface area contributed by atoms with Crippen LogP contribution in [0.4, 0.5) is 0 Å². The van der Waals surface area contributed by atoms with Gasteiger partial charge < -0.3 is 14.4 Å². The van der Waals surface area contributed by atoms with Crippen LogP contribution < -0.4 is 9.47 Å². The first-order valence-electron chi connectivity index (χ1n) is 6.44. The average molecular weight is 306 g/mol. The highest BCUT2D eigenvalue weighted by molar-refractivity contribution is 7.11. The molecule has 0 spiro atoms. The van der Waals surface area contributed by atoms with Gasteiger partial charge >= 0.3 is 0 Å². The lowest BCUT2D eigenvalue weighted by Gasteiger charge is -2.19. The van der Waals surface area contributed by atoms with E-state index in [9.17, 15) is 4.79 Å². The number of thiazole rings is 1. The Bertz CT molecular complexity index is 640. The van der Waals surface area contributed by atoms with Crippen LogP contribution in [0.3, 0.4) is 0 Å². The molecule has 0 saturated heterocycles. The molecule has 6 heteroatoms. The maximum Gasteiger partial charge on any atom is 0.265 e. The van der Waals surface area contributed by atoms with Crippen molar-refractivity contribution in [1.82, 2.24) is 9.88 Å². The molecule has 0 bridgehead atoms. The van der Waals surface area contributed by atoms with Gasteiger partial charge in [0.1, 0.15) is 4.88 Å². The second-order valence-electron chi connectivity index (χ2n) is 4.58. The van der Waals surface area contributed by atoms with Crippen LogP contribution in [0, 0.1) is 6.92 Å². The number of para-hydroxylation sites is 1. The molecular formula is C15H18N2O3S. The molecule has 0 atom stereocenters. The molecule has 0 N–H and O–H groups in total. The van der Waals surface area contributed by atoms with Crippen molar-refractivity contribution in [3.63, 3.8) is 0 Å². The van der Waals surface area contributed by atoms with Crippen molar-refractivity contribution in [2.45, 2.75) is 13.5 Å². The molecule has 21 heavy (non-hydrogen) atoms. The van der Waals surface area contributed by atoms with Gasteiger partial charge in [0, 0.05) is 19.2 Å². The van der Waals surface area contributed by atoms with Gasteiger partial charge in [-0.1, -0.05) is 12.1 Å². The smallest absolute Gasteiger partial charge is 0.265 e. The number of aromatic nitrogens is 1. The number of nitrogens with zero attached hydrogens (tertiary/aromatic N) is 2. The SMILES string of the molecule is COc1cccc(CN(C)C(=O)c2scnc2C)c1OC. The zero-order valence-corrected chi connectivity index (χ0v) is 13.4. The normalized spacial score (nSPS) is 10.3. The molecule has 0 aliphatic heterocycles. The van der Waals surface area contributed by atoms with Crippen molar-refractivity contribution in [2.75, 3.05) is 21.3 Å². The van der Waals surface area contributed by atoms with Crippen molar-refractivity contribution in [3.8, 4) is 11.5 Å². The number of hydrogen-bond acceptors (Lipinski definition) is 5. The number of methoxy groups -OCH3 is 2. The fourth-order valence-electron chi connectivity index (χ4n) is 2.09. The number of rotatable bonds is 5. The van der Waals surface area contributed by atoms with Crippen LogP contribution in [0.25, 0.3) is 0 Å². The van der Waals surface area contributed by atoms with E-state index in [1.807, 2.05) is 25.1 Å². The summed E-state index contributed by atoms with van der Waals surface area (Å²) in [6.07, 6.45) is 0. The molecule has 0 aliphatic rings. The fourth-order valence-corrected chi connectivity index (χ4v) is 2.88. The first-order chi connectivity index (χ1) is 10.1. The minimum Gasteiger partial charge on any atom is -0.493 e. The van der Waals surface area contributed by atoms with E-state index < -0.39 is 0 Å². The van der Waals surface area contributed by atoms with Crippen molar-refractivity contribution in [1.29, 1.82) is 0 Å². The number of ether oxygens (including phenoxy) is 2. The standard InChI is InChI=1S/C15H18N2O3S/c1-10-14(21-9-16-10)15(18)17(2)8-11-6-5-7-12(19-3)13(11)20-4/h5-7,9H,8H2,1-4H3. The van der Waals surface area contributed by atoms with E-state index in [1.54, 1.807) is 31.7 Å². The largest absolute Gasteiger partial charge is 0.493 e. The maximum atomic E-state index is 12.4. The van der Waals surface area contributed by atoms with Crippen LogP contribution in [0.1, 0.15) is 20.9 Å². The molecule has 1 heterocycles. The van der Waals surface area contributed by atoms with Crippen LogP contribution in [0.15, 0.2) is 23.7 Å². The third-order valence-corrected chi connectivity index (χ3v) is 4.10. The predicted molar refractivity (Wildman–Crippen MR) is 82.2 cm³/mol. The Morgan fingerprint density at radius 1 is 1.33 bits per heavy atom. The van der Waals surface area contributed by atoms with Crippen LogP contribution in [0.2, 0.25) is 0 Å². The number of benzene rings is 1. The van der Waals surface area contributed by atoms with Gasteiger partial charge in [0.05, 0.1) is 25.4 Å². The highest BCUT2D eigenvalue weighted by Crippen LogP contribution is 2.31. The van der Waals surface area contributed by atoms with Gasteiger partial charge in [0.15, 0.2) is 11.5 Å². The Labute approximate surface area is 128 Å². The molecule has 1 aromatic heterocycles. The van der Waals surface area contributed by atoms with Crippen LogP contribution in [-0.2, 0) is 6.54 Å². The number of aryl methyl sites for hydroxylation is 1. The topological polar surface area (TPSA) is 51.7 Å².